The molecule has 2 heterocycles. The molecule has 16 heavy (non-hydrogen) atoms. The van der Waals surface area contributed by atoms with Crippen LogP contribution in [0.25, 0.3) is 0 Å². The minimum Gasteiger partial charge on any atom is -0.397 e. The van der Waals surface area contributed by atoms with Crippen molar-refractivity contribution in [3.63, 3.8) is 0 Å². The summed E-state index contributed by atoms with van der Waals surface area (Å²) in [6.45, 7) is 0. The molecule has 0 spiro atoms. The van der Waals surface area contributed by atoms with Crippen molar-refractivity contribution in [2.45, 2.75) is 10.6 Å². The van der Waals surface area contributed by atoms with Crippen molar-refractivity contribution >= 4 is 33.4 Å². The van der Waals surface area contributed by atoms with E-state index in [1.54, 1.807) is 30.4 Å². The first-order valence-corrected chi connectivity index (χ1v) is 6.46. The van der Waals surface area contributed by atoms with Gasteiger partial charge in [0.2, 0.25) is 0 Å². The SMILES string of the molecule is Nc1cnccc1SCc1ccc(Br)cn1. The lowest BCUT2D eigenvalue weighted by Gasteiger charge is -2.03. The molecular weight excluding hydrogens is 286 g/mol. The Labute approximate surface area is 107 Å². The molecule has 2 aromatic rings. The molecular formula is C11H10BrN3S. The predicted octanol–water partition coefficient (Wildman–Crippen LogP) is 3.11. The summed E-state index contributed by atoms with van der Waals surface area (Å²) in [7, 11) is 0. The topological polar surface area (TPSA) is 51.8 Å². The number of hydrogen-bond donors (Lipinski definition) is 1. The summed E-state index contributed by atoms with van der Waals surface area (Å²) in [4.78, 5) is 9.29. The van der Waals surface area contributed by atoms with Crippen molar-refractivity contribution in [3.05, 3.63) is 47.0 Å². The second-order valence-electron chi connectivity index (χ2n) is 3.17. The molecule has 3 nitrogen and oxygen atoms in total. The van der Waals surface area contributed by atoms with E-state index in [2.05, 4.69) is 25.9 Å². The Balaban J connectivity index is 2.02. The first-order valence-electron chi connectivity index (χ1n) is 4.68. The van der Waals surface area contributed by atoms with Gasteiger partial charge in [-0.1, -0.05) is 0 Å². The van der Waals surface area contributed by atoms with Crippen molar-refractivity contribution in [3.8, 4) is 0 Å². The van der Waals surface area contributed by atoms with E-state index in [-0.39, 0.29) is 0 Å². The molecule has 5 heteroatoms. The Kier molecular flexibility index (Phi) is 3.79. The van der Waals surface area contributed by atoms with Gasteiger partial charge < -0.3 is 5.73 Å². The average molecular weight is 296 g/mol. The highest BCUT2D eigenvalue weighted by molar-refractivity contribution is 9.10. The number of halogens is 1. The van der Waals surface area contributed by atoms with Crippen molar-refractivity contribution in [2.75, 3.05) is 5.73 Å². The van der Waals surface area contributed by atoms with E-state index in [1.165, 1.54) is 0 Å². The van der Waals surface area contributed by atoms with Gasteiger partial charge in [-0.05, 0) is 34.1 Å². The van der Waals surface area contributed by atoms with Gasteiger partial charge in [-0.25, -0.2) is 0 Å². The monoisotopic (exact) mass is 295 g/mol. The second-order valence-corrected chi connectivity index (χ2v) is 5.10. The molecule has 2 rings (SSSR count). The highest BCUT2D eigenvalue weighted by Gasteiger charge is 2.01. The van der Waals surface area contributed by atoms with Gasteiger partial charge in [-0.15, -0.1) is 11.8 Å². The van der Waals surface area contributed by atoms with Gasteiger partial charge in [0.05, 0.1) is 17.6 Å². The number of hydrogen-bond acceptors (Lipinski definition) is 4. The van der Waals surface area contributed by atoms with E-state index in [0.717, 1.165) is 20.8 Å². The lowest BCUT2D eigenvalue weighted by molar-refractivity contribution is 1.16. The molecule has 0 aromatic carbocycles. The van der Waals surface area contributed by atoms with E-state index in [1.807, 2.05) is 18.2 Å². The van der Waals surface area contributed by atoms with E-state index < -0.39 is 0 Å². The highest BCUT2D eigenvalue weighted by atomic mass is 79.9. The zero-order chi connectivity index (χ0) is 11.4. The fraction of sp³-hybridized carbons (Fsp3) is 0.0909. The zero-order valence-electron chi connectivity index (χ0n) is 8.43. The molecule has 0 aliphatic carbocycles. The molecule has 2 aromatic heterocycles. The first kappa shape index (κ1) is 11.4. The van der Waals surface area contributed by atoms with Gasteiger partial charge >= 0.3 is 0 Å². The lowest BCUT2D eigenvalue weighted by Crippen LogP contribution is -1.91. The summed E-state index contributed by atoms with van der Waals surface area (Å²) in [5, 5.41) is 0. The number of nitrogen functional groups attached to an aromatic ring is 1. The number of rotatable bonds is 3. The van der Waals surface area contributed by atoms with Crippen LogP contribution in [-0.2, 0) is 5.75 Å². The second kappa shape index (κ2) is 5.32. The van der Waals surface area contributed by atoms with Crippen LogP contribution < -0.4 is 5.73 Å². The van der Waals surface area contributed by atoms with Crippen LogP contribution in [0.3, 0.4) is 0 Å². The molecule has 2 N–H and O–H groups in total. The van der Waals surface area contributed by atoms with Crippen LogP contribution in [0.15, 0.2) is 46.2 Å². The highest BCUT2D eigenvalue weighted by Crippen LogP contribution is 2.26. The third kappa shape index (κ3) is 2.96. The van der Waals surface area contributed by atoms with Gasteiger partial charge in [-0.2, -0.15) is 0 Å². The molecule has 0 aliphatic rings. The van der Waals surface area contributed by atoms with Crippen molar-refractivity contribution < 1.29 is 0 Å². The fourth-order valence-electron chi connectivity index (χ4n) is 1.17. The first-order chi connectivity index (χ1) is 7.75. The maximum absolute atomic E-state index is 5.80. The largest absolute Gasteiger partial charge is 0.397 e. The molecule has 0 aliphatic heterocycles. The van der Waals surface area contributed by atoms with Crippen LogP contribution in [0.4, 0.5) is 5.69 Å². The van der Waals surface area contributed by atoms with Crippen LogP contribution >= 0.6 is 27.7 Å². The summed E-state index contributed by atoms with van der Waals surface area (Å²) in [5.41, 5.74) is 7.54. The van der Waals surface area contributed by atoms with Gasteiger partial charge in [-0.3, -0.25) is 9.97 Å². The van der Waals surface area contributed by atoms with Gasteiger partial charge in [0.25, 0.3) is 0 Å². The fourth-order valence-corrected chi connectivity index (χ4v) is 2.25. The normalized spacial score (nSPS) is 10.3. The minimum absolute atomic E-state index is 0.713. The molecule has 0 atom stereocenters. The Morgan fingerprint density at radius 3 is 2.81 bits per heavy atom. The summed E-state index contributed by atoms with van der Waals surface area (Å²) in [5.74, 6) is 0.807. The zero-order valence-corrected chi connectivity index (χ0v) is 10.8. The van der Waals surface area contributed by atoms with Gasteiger partial charge in [0, 0.05) is 27.5 Å². The van der Waals surface area contributed by atoms with Gasteiger partial charge in [0.15, 0.2) is 0 Å². The van der Waals surface area contributed by atoms with Crippen LogP contribution in [0.5, 0.6) is 0 Å². The maximum Gasteiger partial charge on any atom is 0.0638 e. The molecule has 0 fully saturated rings. The number of pyridine rings is 2. The van der Waals surface area contributed by atoms with Crippen LogP contribution in [0, 0.1) is 0 Å². The van der Waals surface area contributed by atoms with Crippen molar-refractivity contribution in [1.82, 2.24) is 9.97 Å². The average Bonchev–Trinajstić information content (AvgIpc) is 2.30. The molecule has 0 radical (unpaired) electrons. The number of anilines is 1. The Morgan fingerprint density at radius 1 is 1.25 bits per heavy atom. The van der Waals surface area contributed by atoms with Crippen molar-refractivity contribution in [2.24, 2.45) is 0 Å². The number of thioether (sulfide) groups is 1. The predicted molar refractivity (Wildman–Crippen MR) is 70.1 cm³/mol. The maximum atomic E-state index is 5.80. The number of nitrogens with two attached hydrogens (primary N) is 1. The van der Waals surface area contributed by atoms with E-state index >= 15 is 0 Å². The van der Waals surface area contributed by atoms with E-state index in [9.17, 15) is 0 Å². The quantitative estimate of drug-likeness (QED) is 0.884. The van der Waals surface area contributed by atoms with Crippen LogP contribution in [0.2, 0.25) is 0 Å². The Hall–Kier alpha value is -1.07. The summed E-state index contributed by atoms with van der Waals surface area (Å²) < 4.78 is 0.990. The van der Waals surface area contributed by atoms with Crippen molar-refractivity contribution in [1.29, 1.82) is 0 Å². The number of aromatic nitrogens is 2. The summed E-state index contributed by atoms with van der Waals surface area (Å²) >= 11 is 5.02. The molecule has 0 amide bonds. The molecule has 0 unspecified atom stereocenters. The van der Waals surface area contributed by atoms with Gasteiger partial charge in [0.1, 0.15) is 0 Å². The van der Waals surface area contributed by atoms with Crippen LogP contribution in [0.1, 0.15) is 5.69 Å². The molecule has 0 saturated heterocycles. The summed E-state index contributed by atoms with van der Waals surface area (Å²) in [6.07, 6.45) is 5.21. The molecule has 0 bridgehead atoms. The third-order valence-electron chi connectivity index (χ3n) is 1.97. The van der Waals surface area contributed by atoms with E-state index in [0.29, 0.717) is 5.69 Å². The Morgan fingerprint density at radius 2 is 2.12 bits per heavy atom. The molecule has 82 valence electrons. The van der Waals surface area contributed by atoms with E-state index in [4.69, 9.17) is 5.73 Å². The lowest BCUT2D eigenvalue weighted by atomic mass is 10.4. The minimum atomic E-state index is 0.713. The summed E-state index contributed by atoms with van der Waals surface area (Å²) in [6, 6.07) is 5.89. The molecule has 0 saturated carbocycles. The third-order valence-corrected chi connectivity index (χ3v) is 3.57. The standard InChI is InChI=1S/C11H10BrN3S/c12-8-1-2-9(15-5-8)7-16-11-3-4-14-6-10(11)13/h1-6H,7,13H2. The van der Waals surface area contributed by atoms with Crippen LogP contribution in [-0.4, -0.2) is 9.97 Å². The number of nitrogens with zero attached hydrogens (tertiary/aromatic N) is 2. The Bertz CT molecular complexity index is 473. The smallest absolute Gasteiger partial charge is 0.0638 e.